The first-order chi connectivity index (χ1) is 15.3. The van der Waals surface area contributed by atoms with Crippen molar-refractivity contribution in [2.24, 2.45) is 0 Å². The Labute approximate surface area is 183 Å². The standard InChI is InChI=1S/C24H19N5OS/c30-22-14-18(26-21-12-6-7-13-29(21)22)16-31-24-27-20-11-5-4-10-19(20)23(28-24)25-15-17-8-2-1-3-9-17/h1-14H,15-16H2,(H,25,27,28). The zero-order valence-corrected chi connectivity index (χ0v) is 17.4. The van der Waals surface area contributed by atoms with Crippen molar-refractivity contribution in [2.45, 2.75) is 17.5 Å². The average Bonchev–Trinajstić information content (AvgIpc) is 2.82. The summed E-state index contributed by atoms with van der Waals surface area (Å²) in [6.45, 7) is 0.676. The lowest BCUT2D eigenvalue weighted by Gasteiger charge is -2.11. The zero-order chi connectivity index (χ0) is 21.0. The van der Waals surface area contributed by atoms with E-state index in [4.69, 9.17) is 9.97 Å². The summed E-state index contributed by atoms with van der Waals surface area (Å²) in [5.41, 5.74) is 3.31. The van der Waals surface area contributed by atoms with Gasteiger partial charge in [-0.1, -0.05) is 60.3 Å². The third-order valence-electron chi connectivity index (χ3n) is 4.86. The van der Waals surface area contributed by atoms with Crippen LogP contribution >= 0.6 is 11.8 Å². The van der Waals surface area contributed by atoms with E-state index in [2.05, 4.69) is 22.4 Å². The maximum atomic E-state index is 12.3. The molecule has 6 nitrogen and oxygen atoms in total. The van der Waals surface area contributed by atoms with Crippen LogP contribution in [0.1, 0.15) is 11.3 Å². The second kappa shape index (κ2) is 8.57. The van der Waals surface area contributed by atoms with E-state index in [1.807, 2.05) is 60.7 Å². The highest BCUT2D eigenvalue weighted by Crippen LogP contribution is 2.26. The summed E-state index contributed by atoms with van der Waals surface area (Å²) in [5, 5.41) is 5.06. The molecule has 1 N–H and O–H groups in total. The van der Waals surface area contributed by atoms with Crippen molar-refractivity contribution >= 4 is 34.1 Å². The number of benzene rings is 2. The Kier molecular flexibility index (Phi) is 5.33. The van der Waals surface area contributed by atoms with Gasteiger partial charge in [0, 0.05) is 29.9 Å². The molecule has 0 spiro atoms. The van der Waals surface area contributed by atoms with Crippen LogP contribution in [0.25, 0.3) is 16.6 Å². The Hall–Kier alpha value is -3.71. The van der Waals surface area contributed by atoms with Gasteiger partial charge in [0.05, 0.1) is 11.2 Å². The molecule has 0 amide bonds. The molecule has 0 saturated carbocycles. The first-order valence-electron chi connectivity index (χ1n) is 9.91. The number of thioether (sulfide) groups is 1. The fourth-order valence-corrected chi connectivity index (χ4v) is 4.10. The fourth-order valence-electron chi connectivity index (χ4n) is 3.35. The molecule has 5 aromatic rings. The molecule has 3 aromatic heterocycles. The molecule has 0 fully saturated rings. The summed E-state index contributed by atoms with van der Waals surface area (Å²) in [4.78, 5) is 26.4. The smallest absolute Gasteiger partial charge is 0.258 e. The topological polar surface area (TPSA) is 72.2 Å². The molecule has 7 heteroatoms. The van der Waals surface area contributed by atoms with Crippen molar-refractivity contribution < 1.29 is 0 Å². The number of nitrogens with one attached hydrogen (secondary N) is 1. The molecule has 0 saturated heterocycles. The molecule has 5 rings (SSSR count). The zero-order valence-electron chi connectivity index (χ0n) is 16.6. The molecule has 0 radical (unpaired) electrons. The second-order valence-corrected chi connectivity index (χ2v) is 7.96. The molecule has 0 aliphatic carbocycles. The van der Waals surface area contributed by atoms with Crippen LogP contribution in [-0.2, 0) is 12.3 Å². The molecule has 0 aliphatic heterocycles. The summed E-state index contributed by atoms with van der Waals surface area (Å²) >= 11 is 1.47. The highest BCUT2D eigenvalue weighted by molar-refractivity contribution is 7.98. The van der Waals surface area contributed by atoms with Crippen molar-refractivity contribution in [3.8, 4) is 0 Å². The number of fused-ring (bicyclic) bond motifs is 2. The lowest BCUT2D eigenvalue weighted by molar-refractivity contribution is 0.977. The number of nitrogens with zero attached hydrogens (tertiary/aromatic N) is 4. The highest BCUT2D eigenvalue weighted by Gasteiger charge is 2.10. The quantitative estimate of drug-likeness (QED) is 0.318. The fraction of sp³-hybridized carbons (Fsp3) is 0.0833. The number of rotatable bonds is 6. The Morgan fingerprint density at radius 3 is 2.58 bits per heavy atom. The molecule has 0 atom stereocenters. The summed E-state index contributed by atoms with van der Waals surface area (Å²) in [6, 6.07) is 25.2. The minimum absolute atomic E-state index is 0.0918. The first kappa shape index (κ1) is 19.3. The van der Waals surface area contributed by atoms with Crippen LogP contribution in [0.15, 0.2) is 95.0 Å². The maximum Gasteiger partial charge on any atom is 0.258 e. The van der Waals surface area contributed by atoms with Crippen LogP contribution in [0.2, 0.25) is 0 Å². The molecule has 0 aliphatic rings. The van der Waals surface area contributed by atoms with E-state index in [0.717, 1.165) is 16.7 Å². The number of hydrogen-bond donors (Lipinski definition) is 1. The summed E-state index contributed by atoms with van der Waals surface area (Å²) in [6.07, 6.45) is 1.72. The van der Waals surface area contributed by atoms with Gasteiger partial charge in [-0.05, 0) is 29.8 Å². The Balaban J connectivity index is 1.41. The molecule has 152 valence electrons. The van der Waals surface area contributed by atoms with Crippen molar-refractivity contribution in [3.63, 3.8) is 0 Å². The molecule has 31 heavy (non-hydrogen) atoms. The van der Waals surface area contributed by atoms with E-state index in [1.165, 1.54) is 21.7 Å². The van der Waals surface area contributed by atoms with Gasteiger partial charge in [-0.25, -0.2) is 15.0 Å². The molecule has 2 aromatic carbocycles. The maximum absolute atomic E-state index is 12.3. The summed E-state index contributed by atoms with van der Waals surface area (Å²) in [5.74, 6) is 1.31. The van der Waals surface area contributed by atoms with Crippen molar-refractivity contribution in [3.05, 3.63) is 107 Å². The van der Waals surface area contributed by atoms with E-state index < -0.39 is 0 Å². The van der Waals surface area contributed by atoms with Gasteiger partial charge in [-0.2, -0.15) is 0 Å². The first-order valence-corrected chi connectivity index (χ1v) is 10.9. The Bertz CT molecular complexity index is 1420. The van der Waals surface area contributed by atoms with Gasteiger partial charge < -0.3 is 5.32 Å². The van der Waals surface area contributed by atoms with Gasteiger partial charge in [0.25, 0.3) is 5.56 Å². The molecule has 3 heterocycles. The second-order valence-electron chi connectivity index (χ2n) is 7.01. The minimum Gasteiger partial charge on any atom is -0.365 e. The van der Waals surface area contributed by atoms with Gasteiger partial charge in [-0.15, -0.1) is 0 Å². The third kappa shape index (κ3) is 4.27. The van der Waals surface area contributed by atoms with Crippen LogP contribution in [-0.4, -0.2) is 19.4 Å². The number of anilines is 1. The summed E-state index contributed by atoms with van der Waals surface area (Å²) in [7, 11) is 0. The van der Waals surface area contributed by atoms with E-state index in [1.54, 1.807) is 12.3 Å². The lowest BCUT2D eigenvalue weighted by Crippen LogP contribution is -2.14. The van der Waals surface area contributed by atoms with Crippen LogP contribution < -0.4 is 10.9 Å². The van der Waals surface area contributed by atoms with E-state index in [9.17, 15) is 4.79 Å². The number of hydrogen-bond acceptors (Lipinski definition) is 6. The average molecular weight is 426 g/mol. The van der Waals surface area contributed by atoms with E-state index in [-0.39, 0.29) is 5.56 Å². The molecule has 0 bridgehead atoms. The van der Waals surface area contributed by atoms with Crippen LogP contribution in [0.3, 0.4) is 0 Å². The van der Waals surface area contributed by atoms with Gasteiger partial charge in [0.2, 0.25) is 0 Å². The van der Waals surface area contributed by atoms with Gasteiger partial charge >= 0.3 is 0 Å². The van der Waals surface area contributed by atoms with Crippen molar-refractivity contribution in [2.75, 3.05) is 5.32 Å². The van der Waals surface area contributed by atoms with Crippen LogP contribution in [0, 0.1) is 0 Å². The van der Waals surface area contributed by atoms with Crippen molar-refractivity contribution in [1.82, 2.24) is 19.4 Å². The Morgan fingerprint density at radius 1 is 0.871 bits per heavy atom. The van der Waals surface area contributed by atoms with Crippen LogP contribution in [0.5, 0.6) is 0 Å². The predicted octanol–water partition coefficient (Wildman–Crippen LogP) is 4.54. The van der Waals surface area contributed by atoms with Gasteiger partial charge in [0.15, 0.2) is 5.16 Å². The number of pyridine rings is 1. The lowest BCUT2D eigenvalue weighted by atomic mass is 10.2. The van der Waals surface area contributed by atoms with E-state index >= 15 is 0 Å². The van der Waals surface area contributed by atoms with E-state index in [0.29, 0.717) is 28.8 Å². The SMILES string of the molecule is O=c1cc(CSc2nc(NCc3ccccc3)c3ccccc3n2)nc2ccccn12. The monoisotopic (exact) mass is 425 g/mol. The minimum atomic E-state index is -0.0918. The molecular formula is C24H19N5OS. The summed E-state index contributed by atoms with van der Waals surface area (Å²) < 4.78 is 1.53. The van der Waals surface area contributed by atoms with Gasteiger partial charge in [-0.3, -0.25) is 9.20 Å². The molecular weight excluding hydrogens is 406 g/mol. The third-order valence-corrected chi connectivity index (χ3v) is 5.74. The largest absolute Gasteiger partial charge is 0.365 e. The Morgan fingerprint density at radius 2 is 1.68 bits per heavy atom. The predicted molar refractivity (Wildman–Crippen MR) is 124 cm³/mol. The normalized spacial score (nSPS) is 11.1. The van der Waals surface area contributed by atoms with Gasteiger partial charge in [0.1, 0.15) is 11.5 Å². The highest BCUT2D eigenvalue weighted by atomic mass is 32.2. The van der Waals surface area contributed by atoms with Crippen LogP contribution in [0.4, 0.5) is 5.82 Å². The van der Waals surface area contributed by atoms with Crippen molar-refractivity contribution in [1.29, 1.82) is 0 Å². The molecule has 0 unspecified atom stereocenters. The number of aromatic nitrogens is 4. The number of para-hydroxylation sites is 1.